The molecular formula is C28H32FN3O2. The third-order valence-electron chi connectivity index (χ3n) is 5.77. The number of nitrogens with one attached hydrogen (secondary N) is 1. The molecule has 1 atom stereocenters. The van der Waals surface area contributed by atoms with E-state index in [0.717, 1.165) is 16.8 Å². The highest BCUT2D eigenvalue weighted by Crippen LogP contribution is 2.30. The van der Waals surface area contributed by atoms with E-state index in [9.17, 15) is 14.0 Å². The van der Waals surface area contributed by atoms with E-state index >= 15 is 0 Å². The van der Waals surface area contributed by atoms with Crippen LogP contribution in [0.25, 0.3) is 0 Å². The third kappa shape index (κ3) is 6.01. The Morgan fingerprint density at radius 1 is 0.912 bits per heavy atom. The highest BCUT2D eigenvalue weighted by molar-refractivity contribution is 6.04. The number of nitrogens with zero attached hydrogens (tertiary/aromatic N) is 2. The van der Waals surface area contributed by atoms with Crippen LogP contribution in [0.1, 0.15) is 48.3 Å². The summed E-state index contributed by atoms with van der Waals surface area (Å²) in [5.41, 5.74) is 3.73. The lowest BCUT2D eigenvalue weighted by Gasteiger charge is -2.33. The molecule has 2 amide bonds. The Morgan fingerprint density at radius 2 is 1.62 bits per heavy atom. The fraction of sp³-hybridized carbons (Fsp3) is 0.286. The van der Waals surface area contributed by atoms with Gasteiger partial charge >= 0.3 is 0 Å². The van der Waals surface area contributed by atoms with Crippen molar-refractivity contribution >= 4 is 23.2 Å². The molecule has 5 nitrogen and oxygen atoms in total. The van der Waals surface area contributed by atoms with Gasteiger partial charge in [0.15, 0.2) is 0 Å². The van der Waals surface area contributed by atoms with E-state index in [0.29, 0.717) is 12.2 Å². The second kappa shape index (κ2) is 11.0. The Hall–Kier alpha value is -3.67. The van der Waals surface area contributed by atoms with Gasteiger partial charge in [-0.25, -0.2) is 4.39 Å². The maximum absolute atomic E-state index is 13.5. The lowest BCUT2D eigenvalue weighted by atomic mass is 10.0. The van der Waals surface area contributed by atoms with Crippen molar-refractivity contribution < 1.29 is 14.0 Å². The van der Waals surface area contributed by atoms with Gasteiger partial charge in [-0.05, 0) is 54.4 Å². The molecule has 34 heavy (non-hydrogen) atoms. The molecule has 0 spiro atoms. The minimum Gasteiger partial charge on any atom is -0.377 e. The zero-order valence-corrected chi connectivity index (χ0v) is 20.4. The van der Waals surface area contributed by atoms with Crippen molar-refractivity contribution in [2.75, 3.05) is 24.3 Å². The van der Waals surface area contributed by atoms with E-state index in [1.807, 2.05) is 93.2 Å². The summed E-state index contributed by atoms with van der Waals surface area (Å²) in [5.74, 6) is -0.968. The van der Waals surface area contributed by atoms with Crippen molar-refractivity contribution in [2.45, 2.75) is 33.4 Å². The first-order valence-electron chi connectivity index (χ1n) is 11.4. The van der Waals surface area contributed by atoms with Crippen LogP contribution in [0.5, 0.6) is 0 Å². The van der Waals surface area contributed by atoms with Crippen LogP contribution in [0.4, 0.5) is 15.8 Å². The molecule has 0 aromatic heterocycles. The van der Waals surface area contributed by atoms with E-state index in [4.69, 9.17) is 0 Å². The molecule has 0 aliphatic heterocycles. The van der Waals surface area contributed by atoms with E-state index in [2.05, 4.69) is 5.32 Å². The Kier molecular flexibility index (Phi) is 8.05. The molecule has 6 heteroatoms. The second-order valence-electron chi connectivity index (χ2n) is 8.91. The second-order valence-corrected chi connectivity index (χ2v) is 8.91. The molecule has 0 bridgehead atoms. The topological polar surface area (TPSA) is 52.7 Å². The summed E-state index contributed by atoms with van der Waals surface area (Å²) in [6, 6.07) is 21.0. The average Bonchev–Trinajstić information content (AvgIpc) is 2.82. The zero-order chi connectivity index (χ0) is 24.8. The van der Waals surface area contributed by atoms with Crippen LogP contribution in [0.15, 0.2) is 72.8 Å². The Labute approximate surface area is 201 Å². The summed E-state index contributed by atoms with van der Waals surface area (Å²) in [6.07, 6.45) is 0. The first-order chi connectivity index (χ1) is 16.2. The number of carbonyl (C=O) groups is 2. The molecule has 0 heterocycles. The summed E-state index contributed by atoms with van der Waals surface area (Å²) in [4.78, 5) is 29.7. The normalized spacial score (nSPS) is 11.7. The van der Waals surface area contributed by atoms with Gasteiger partial charge in [0.05, 0.1) is 6.04 Å². The van der Waals surface area contributed by atoms with E-state index in [1.165, 1.54) is 18.2 Å². The van der Waals surface area contributed by atoms with E-state index in [1.54, 1.807) is 6.07 Å². The molecule has 0 unspecified atom stereocenters. The molecule has 0 aliphatic carbocycles. The fourth-order valence-electron chi connectivity index (χ4n) is 3.89. The lowest BCUT2D eigenvalue weighted by Crippen LogP contribution is -2.36. The van der Waals surface area contributed by atoms with Gasteiger partial charge in [-0.3, -0.25) is 9.59 Å². The largest absolute Gasteiger partial charge is 0.377 e. The monoisotopic (exact) mass is 461 g/mol. The zero-order valence-electron chi connectivity index (χ0n) is 20.4. The number of amides is 2. The highest BCUT2D eigenvalue weighted by atomic mass is 19.1. The Morgan fingerprint density at radius 3 is 2.24 bits per heavy atom. The first-order valence-corrected chi connectivity index (χ1v) is 11.4. The standard InChI is InChI=1S/C28H32FN3O2/c1-19(2)28(34)32(20(3)21-10-7-6-8-11-21)18-23-17-25(14-15-26(23)31(4)5)30-27(33)22-12-9-13-24(29)16-22/h6-17,19-20H,18H2,1-5H3,(H,30,33)/t20-/m0/s1. The van der Waals surface area contributed by atoms with Crippen molar-refractivity contribution in [3.63, 3.8) is 0 Å². The van der Waals surface area contributed by atoms with Gasteiger partial charge in [-0.15, -0.1) is 0 Å². The average molecular weight is 462 g/mol. The van der Waals surface area contributed by atoms with Gasteiger partial charge in [0.1, 0.15) is 5.82 Å². The summed E-state index contributed by atoms with van der Waals surface area (Å²) in [6.45, 7) is 6.20. The van der Waals surface area contributed by atoms with Crippen molar-refractivity contribution in [1.82, 2.24) is 4.90 Å². The fourth-order valence-corrected chi connectivity index (χ4v) is 3.89. The molecule has 178 valence electrons. The first kappa shape index (κ1) is 25.0. The summed E-state index contributed by atoms with van der Waals surface area (Å²) in [5, 5.41) is 2.85. The van der Waals surface area contributed by atoms with Gasteiger partial charge in [-0.1, -0.05) is 50.2 Å². The van der Waals surface area contributed by atoms with E-state index < -0.39 is 11.7 Å². The van der Waals surface area contributed by atoms with Crippen molar-refractivity contribution in [3.8, 4) is 0 Å². The molecule has 0 saturated carbocycles. The van der Waals surface area contributed by atoms with Gasteiger partial charge < -0.3 is 15.1 Å². The SMILES string of the molecule is CC(C)C(=O)N(Cc1cc(NC(=O)c2cccc(F)c2)ccc1N(C)C)[C@@H](C)c1ccccc1. The van der Waals surface area contributed by atoms with Crippen LogP contribution in [0, 0.1) is 11.7 Å². The van der Waals surface area contributed by atoms with Crippen LogP contribution in [-0.2, 0) is 11.3 Å². The minimum atomic E-state index is -0.464. The predicted octanol–water partition coefficient (Wildman–Crippen LogP) is 5.89. The summed E-state index contributed by atoms with van der Waals surface area (Å²) in [7, 11) is 3.89. The Balaban J connectivity index is 1.94. The maximum atomic E-state index is 13.5. The number of hydrogen-bond donors (Lipinski definition) is 1. The van der Waals surface area contributed by atoms with Gasteiger partial charge in [-0.2, -0.15) is 0 Å². The number of benzene rings is 3. The van der Waals surface area contributed by atoms with Gasteiger partial charge in [0.25, 0.3) is 5.91 Å². The van der Waals surface area contributed by atoms with Crippen molar-refractivity contribution in [3.05, 3.63) is 95.3 Å². The van der Waals surface area contributed by atoms with Crippen LogP contribution >= 0.6 is 0 Å². The number of hydrogen-bond acceptors (Lipinski definition) is 3. The summed E-state index contributed by atoms with van der Waals surface area (Å²) < 4.78 is 13.5. The number of halogens is 1. The molecule has 3 aromatic rings. The smallest absolute Gasteiger partial charge is 0.255 e. The minimum absolute atomic E-state index is 0.0512. The summed E-state index contributed by atoms with van der Waals surface area (Å²) >= 11 is 0. The molecule has 0 fully saturated rings. The van der Waals surface area contributed by atoms with Crippen LogP contribution < -0.4 is 10.2 Å². The lowest BCUT2D eigenvalue weighted by molar-refractivity contribution is -0.137. The third-order valence-corrected chi connectivity index (χ3v) is 5.77. The molecule has 1 N–H and O–H groups in total. The van der Waals surface area contributed by atoms with E-state index in [-0.39, 0.29) is 23.4 Å². The molecular weight excluding hydrogens is 429 g/mol. The van der Waals surface area contributed by atoms with Crippen LogP contribution in [-0.4, -0.2) is 30.8 Å². The molecule has 0 saturated heterocycles. The predicted molar refractivity (Wildman–Crippen MR) is 135 cm³/mol. The van der Waals surface area contributed by atoms with Gasteiger partial charge in [0.2, 0.25) is 5.91 Å². The molecule has 0 radical (unpaired) electrons. The molecule has 3 aromatic carbocycles. The van der Waals surface area contributed by atoms with Crippen molar-refractivity contribution in [2.24, 2.45) is 5.92 Å². The quantitative estimate of drug-likeness (QED) is 0.455. The number of anilines is 2. The highest BCUT2D eigenvalue weighted by Gasteiger charge is 2.25. The number of carbonyl (C=O) groups excluding carboxylic acids is 2. The molecule has 0 aliphatic rings. The van der Waals surface area contributed by atoms with Crippen molar-refractivity contribution in [1.29, 1.82) is 0 Å². The van der Waals surface area contributed by atoms with Gasteiger partial charge in [0, 0.05) is 43.5 Å². The molecule has 3 rings (SSSR count). The Bertz CT molecular complexity index is 1150. The van der Waals surface area contributed by atoms with Crippen LogP contribution in [0.2, 0.25) is 0 Å². The number of rotatable bonds is 8. The maximum Gasteiger partial charge on any atom is 0.255 e. The van der Waals surface area contributed by atoms with Crippen LogP contribution in [0.3, 0.4) is 0 Å².